The molecule has 29 heavy (non-hydrogen) atoms. The van der Waals surface area contributed by atoms with Gasteiger partial charge < -0.3 is 20.1 Å². The highest BCUT2D eigenvalue weighted by Gasteiger charge is 2.13. The van der Waals surface area contributed by atoms with Crippen molar-refractivity contribution in [3.05, 3.63) is 53.1 Å². The van der Waals surface area contributed by atoms with Crippen molar-refractivity contribution in [1.82, 2.24) is 9.97 Å². The normalized spacial score (nSPS) is 12.7. The van der Waals surface area contributed by atoms with Crippen LogP contribution in [0.3, 0.4) is 0 Å². The summed E-state index contributed by atoms with van der Waals surface area (Å²) >= 11 is 5.35. The molecular formula is C21H21BrN4O2S. The van der Waals surface area contributed by atoms with E-state index in [4.69, 9.17) is 9.47 Å². The van der Waals surface area contributed by atoms with E-state index in [-0.39, 0.29) is 0 Å². The second-order valence-corrected chi connectivity index (χ2v) is 9.13. The first kappa shape index (κ1) is 19.8. The fourth-order valence-corrected chi connectivity index (χ4v) is 4.02. The van der Waals surface area contributed by atoms with Gasteiger partial charge in [0.05, 0.1) is 10.2 Å². The third-order valence-corrected chi connectivity index (χ3v) is 5.71. The SMILES string of the molecule is CC(C)Sc1ccccc1Nc1nc(Nc2ccc3c(c2)OCCO3)ncc1Br. The molecule has 1 aliphatic rings. The van der Waals surface area contributed by atoms with Crippen molar-refractivity contribution >= 4 is 50.8 Å². The van der Waals surface area contributed by atoms with Gasteiger partial charge in [-0.1, -0.05) is 26.0 Å². The van der Waals surface area contributed by atoms with Gasteiger partial charge in [0.15, 0.2) is 11.5 Å². The largest absolute Gasteiger partial charge is 0.486 e. The highest BCUT2D eigenvalue weighted by Crippen LogP contribution is 2.35. The first-order valence-corrected chi connectivity index (χ1v) is 11.0. The van der Waals surface area contributed by atoms with Crippen LogP contribution in [0.25, 0.3) is 0 Å². The number of fused-ring (bicyclic) bond motifs is 1. The number of hydrogen-bond donors (Lipinski definition) is 2. The van der Waals surface area contributed by atoms with E-state index in [0.29, 0.717) is 30.2 Å². The number of nitrogens with one attached hydrogen (secondary N) is 2. The summed E-state index contributed by atoms with van der Waals surface area (Å²) in [6.07, 6.45) is 1.73. The van der Waals surface area contributed by atoms with E-state index in [1.807, 2.05) is 48.2 Å². The summed E-state index contributed by atoms with van der Waals surface area (Å²) in [6, 6.07) is 13.9. The molecular weight excluding hydrogens is 452 g/mol. The monoisotopic (exact) mass is 472 g/mol. The quantitative estimate of drug-likeness (QED) is 0.426. The maximum atomic E-state index is 5.64. The van der Waals surface area contributed by atoms with Crippen LogP contribution in [0.4, 0.5) is 23.1 Å². The Bertz CT molecular complexity index is 1020. The van der Waals surface area contributed by atoms with Crippen molar-refractivity contribution < 1.29 is 9.47 Å². The second-order valence-electron chi connectivity index (χ2n) is 6.66. The zero-order chi connectivity index (χ0) is 20.2. The number of thioether (sulfide) groups is 1. The van der Waals surface area contributed by atoms with Crippen molar-refractivity contribution in [2.45, 2.75) is 24.0 Å². The minimum atomic E-state index is 0.485. The number of halogens is 1. The lowest BCUT2D eigenvalue weighted by atomic mass is 10.2. The van der Waals surface area contributed by atoms with Gasteiger partial charge in [-0.05, 0) is 40.2 Å². The molecule has 0 amide bonds. The van der Waals surface area contributed by atoms with Crippen molar-refractivity contribution in [3.63, 3.8) is 0 Å². The summed E-state index contributed by atoms with van der Waals surface area (Å²) in [7, 11) is 0. The molecule has 0 unspecified atom stereocenters. The zero-order valence-corrected chi connectivity index (χ0v) is 18.5. The lowest BCUT2D eigenvalue weighted by Crippen LogP contribution is -2.15. The van der Waals surface area contributed by atoms with Gasteiger partial charge in [0.1, 0.15) is 19.0 Å². The Morgan fingerprint density at radius 2 is 1.83 bits per heavy atom. The van der Waals surface area contributed by atoms with Gasteiger partial charge in [0.25, 0.3) is 0 Å². The number of nitrogens with zero attached hydrogens (tertiary/aromatic N) is 2. The van der Waals surface area contributed by atoms with Crippen LogP contribution in [-0.4, -0.2) is 28.4 Å². The van der Waals surface area contributed by atoms with Crippen molar-refractivity contribution in [3.8, 4) is 11.5 Å². The van der Waals surface area contributed by atoms with E-state index >= 15 is 0 Å². The van der Waals surface area contributed by atoms with Crippen molar-refractivity contribution in [1.29, 1.82) is 0 Å². The molecule has 0 atom stereocenters. The Kier molecular flexibility index (Phi) is 6.10. The fourth-order valence-electron chi connectivity index (χ4n) is 2.82. The average molecular weight is 473 g/mol. The Balaban J connectivity index is 1.56. The maximum Gasteiger partial charge on any atom is 0.229 e. The molecule has 1 aliphatic heterocycles. The molecule has 6 nitrogen and oxygen atoms in total. The van der Waals surface area contributed by atoms with E-state index in [1.54, 1.807) is 6.20 Å². The molecule has 4 rings (SSSR count). The fraction of sp³-hybridized carbons (Fsp3) is 0.238. The minimum absolute atomic E-state index is 0.485. The third kappa shape index (κ3) is 4.94. The number of anilines is 4. The Hall–Kier alpha value is -2.45. The summed E-state index contributed by atoms with van der Waals surface area (Å²) in [5.41, 5.74) is 1.84. The van der Waals surface area contributed by atoms with Gasteiger partial charge in [-0.2, -0.15) is 4.98 Å². The topological polar surface area (TPSA) is 68.3 Å². The van der Waals surface area contributed by atoms with Gasteiger partial charge in [-0.25, -0.2) is 4.98 Å². The minimum Gasteiger partial charge on any atom is -0.486 e. The number of benzene rings is 2. The van der Waals surface area contributed by atoms with Gasteiger partial charge >= 0.3 is 0 Å². The number of para-hydroxylation sites is 1. The van der Waals surface area contributed by atoms with Gasteiger partial charge in [-0.3, -0.25) is 0 Å². The standard InChI is InChI=1S/C21H21BrN4O2S/c1-13(2)29-19-6-4-3-5-16(19)25-20-15(22)12-23-21(26-20)24-14-7-8-17-18(11-14)28-10-9-27-17/h3-8,11-13H,9-10H2,1-2H3,(H2,23,24,25,26). The molecule has 0 fully saturated rings. The molecule has 0 aliphatic carbocycles. The van der Waals surface area contributed by atoms with Crippen LogP contribution < -0.4 is 20.1 Å². The van der Waals surface area contributed by atoms with Crippen molar-refractivity contribution in [2.24, 2.45) is 0 Å². The first-order valence-electron chi connectivity index (χ1n) is 9.30. The van der Waals surface area contributed by atoms with E-state index < -0.39 is 0 Å². The smallest absolute Gasteiger partial charge is 0.229 e. The highest BCUT2D eigenvalue weighted by molar-refractivity contribution is 9.10. The Morgan fingerprint density at radius 1 is 1.03 bits per heavy atom. The molecule has 150 valence electrons. The summed E-state index contributed by atoms with van der Waals surface area (Å²) < 4.78 is 12.0. The van der Waals surface area contributed by atoms with Gasteiger partial charge in [0, 0.05) is 28.1 Å². The average Bonchev–Trinajstić information content (AvgIpc) is 2.71. The van der Waals surface area contributed by atoms with Crippen LogP contribution >= 0.6 is 27.7 Å². The summed E-state index contributed by atoms with van der Waals surface area (Å²) in [6.45, 7) is 5.48. The number of rotatable bonds is 6. The molecule has 8 heteroatoms. The van der Waals surface area contributed by atoms with E-state index in [9.17, 15) is 0 Å². The Morgan fingerprint density at radius 3 is 2.66 bits per heavy atom. The van der Waals surface area contributed by atoms with Crippen LogP contribution in [0.15, 0.2) is 58.0 Å². The molecule has 2 heterocycles. The Labute approximate surface area is 182 Å². The highest BCUT2D eigenvalue weighted by atomic mass is 79.9. The van der Waals surface area contributed by atoms with Crippen molar-refractivity contribution in [2.75, 3.05) is 23.8 Å². The molecule has 2 N–H and O–H groups in total. The molecule has 0 saturated heterocycles. The van der Waals surface area contributed by atoms with Gasteiger partial charge in [0.2, 0.25) is 5.95 Å². The molecule has 0 spiro atoms. The van der Waals surface area contributed by atoms with Crippen LogP contribution in [0, 0.1) is 0 Å². The summed E-state index contributed by atoms with van der Waals surface area (Å²) in [5.74, 6) is 2.65. The molecule has 0 saturated carbocycles. The summed E-state index contributed by atoms with van der Waals surface area (Å²) in [4.78, 5) is 10.2. The van der Waals surface area contributed by atoms with E-state index in [2.05, 4.69) is 56.4 Å². The lowest BCUT2D eigenvalue weighted by Gasteiger charge is -2.19. The number of hydrogen-bond acceptors (Lipinski definition) is 7. The van der Waals surface area contributed by atoms with E-state index in [1.165, 1.54) is 4.90 Å². The van der Waals surface area contributed by atoms with Crippen LogP contribution in [0.2, 0.25) is 0 Å². The molecule has 0 radical (unpaired) electrons. The molecule has 3 aromatic rings. The lowest BCUT2D eigenvalue weighted by molar-refractivity contribution is 0.171. The second kappa shape index (κ2) is 8.92. The zero-order valence-electron chi connectivity index (χ0n) is 16.1. The molecule has 1 aromatic heterocycles. The molecule has 2 aromatic carbocycles. The van der Waals surface area contributed by atoms with Crippen LogP contribution in [-0.2, 0) is 0 Å². The van der Waals surface area contributed by atoms with Gasteiger partial charge in [-0.15, -0.1) is 11.8 Å². The maximum absolute atomic E-state index is 5.64. The first-order chi connectivity index (χ1) is 14.1. The predicted molar refractivity (Wildman–Crippen MR) is 121 cm³/mol. The number of aromatic nitrogens is 2. The van der Waals surface area contributed by atoms with Crippen LogP contribution in [0.1, 0.15) is 13.8 Å². The number of ether oxygens (including phenoxy) is 2. The predicted octanol–water partition coefficient (Wildman–Crippen LogP) is 6.00. The summed E-state index contributed by atoms with van der Waals surface area (Å²) in [5, 5.41) is 7.13. The van der Waals surface area contributed by atoms with Crippen LogP contribution in [0.5, 0.6) is 11.5 Å². The molecule has 0 bridgehead atoms. The third-order valence-electron chi connectivity index (χ3n) is 4.05. The van der Waals surface area contributed by atoms with E-state index in [0.717, 1.165) is 27.3 Å².